The van der Waals surface area contributed by atoms with Crippen molar-refractivity contribution >= 4 is 23.7 Å². The molecule has 39 heavy (non-hydrogen) atoms. The number of aliphatic hydroxyl groups is 1. The number of carbonyl (C=O) groups excluding carboxylic acids is 4. The van der Waals surface area contributed by atoms with Crippen molar-refractivity contribution < 1.29 is 38.5 Å². The van der Waals surface area contributed by atoms with Crippen molar-refractivity contribution in [2.24, 2.45) is 23.2 Å². The number of hydrogen-bond donors (Lipinski definition) is 1. The third-order valence-electron chi connectivity index (χ3n) is 7.87. The lowest BCUT2D eigenvalue weighted by Crippen LogP contribution is -2.53. The number of Topliss-reactive ketones (excluding diaryl/α,β-unsaturated/α-hetero) is 1. The van der Waals surface area contributed by atoms with Gasteiger partial charge in [-0.25, -0.2) is 4.79 Å². The quantitative estimate of drug-likeness (QED) is 0.335. The van der Waals surface area contributed by atoms with Crippen LogP contribution in [0.25, 0.3) is 0 Å². The van der Waals surface area contributed by atoms with Crippen LogP contribution in [0, 0.1) is 23.2 Å². The van der Waals surface area contributed by atoms with Crippen LogP contribution >= 0.6 is 0 Å². The number of carbonyl (C=O) groups is 4. The Morgan fingerprint density at radius 2 is 1.64 bits per heavy atom. The van der Waals surface area contributed by atoms with E-state index in [4.69, 9.17) is 14.2 Å². The Morgan fingerprint density at radius 3 is 2.23 bits per heavy atom. The smallest absolute Gasteiger partial charge is 0.338 e. The van der Waals surface area contributed by atoms with Gasteiger partial charge in [-0.1, -0.05) is 50.3 Å². The maximum absolute atomic E-state index is 13.3. The molecule has 8 nitrogen and oxygen atoms in total. The van der Waals surface area contributed by atoms with Crippen LogP contribution in [0.5, 0.6) is 0 Å². The van der Waals surface area contributed by atoms with Crippen molar-refractivity contribution in [3.05, 3.63) is 59.7 Å². The first-order valence-corrected chi connectivity index (χ1v) is 13.4. The number of aliphatic hydroxyl groups excluding tert-OH is 1. The summed E-state index contributed by atoms with van der Waals surface area (Å²) in [6.07, 6.45) is 2.55. The first kappa shape index (κ1) is 30.3. The van der Waals surface area contributed by atoms with Crippen LogP contribution in [0.1, 0.15) is 71.7 Å². The maximum Gasteiger partial charge on any atom is 0.338 e. The zero-order valence-corrected chi connectivity index (χ0v) is 23.8. The molecule has 0 radical (unpaired) electrons. The molecule has 0 amide bonds. The summed E-state index contributed by atoms with van der Waals surface area (Å²) in [6.45, 7) is 11.5. The Labute approximate surface area is 230 Å². The lowest BCUT2D eigenvalue weighted by molar-refractivity contribution is -0.181. The Balaban J connectivity index is 2.20. The molecule has 212 valence electrons. The predicted octanol–water partition coefficient (Wildman–Crippen LogP) is 4.60. The van der Waals surface area contributed by atoms with Crippen molar-refractivity contribution in [1.82, 2.24) is 0 Å². The topological polar surface area (TPSA) is 116 Å². The van der Waals surface area contributed by atoms with Crippen LogP contribution in [0.2, 0.25) is 0 Å². The van der Waals surface area contributed by atoms with Crippen molar-refractivity contribution in [3.8, 4) is 0 Å². The molecule has 2 aliphatic rings. The van der Waals surface area contributed by atoms with Crippen LogP contribution in [-0.2, 0) is 28.6 Å². The molecule has 8 heteroatoms. The first-order chi connectivity index (χ1) is 18.2. The molecule has 0 saturated heterocycles. The van der Waals surface area contributed by atoms with Crippen LogP contribution in [0.3, 0.4) is 0 Å². The minimum absolute atomic E-state index is 0.0620. The highest BCUT2D eigenvalue weighted by Gasteiger charge is 2.60. The molecule has 1 aromatic carbocycles. The summed E-state index contributed by atoms with van der Waals surface area (Å²) in [7, 11) is 0. The lowest BCUT2D eigenvalue weighted by Gasteiger charge is -2.41. The van der Waals surface area contributed by atoms with E-state index in [0.29, 0.717) is 11.1 Å². The third-order valence-corrected chi connectivity index (χ3v) is 7.87. The number of ether oxygens (including phenoxy) is 3. The molecule has 0 aliphatic heterocycles. The summed E-state index contributed by atoms with van der Waals surface area (Å²) in [5.41, 5.74) is -1.43. The van der Waals surface area contributed by atoms with Gasteiger partial charge in [0.2, 0.25) is 0 Å². The highest BCUT2D eigenvalue weighted by atomic mass is 16.6. The fourth-order valence-corrected chi connectivity index (χ4v) is 5.69. The minimum Gasteiger partial charge on any atom is -0.458 e. The van der Waals surface area contributed by atoms with Crippen molar-refractivity contribution in [1.29, 1.82) is 0 Å². The van der Waals surface area contributed by atoms with Crippen LogP contribution in [-0.4, -0.2) is 52.7 Å². The van der Waals surface area contributed by atoms with Gasteiger partial charge in [-0.2, -0.15) is 0 Å². The Kier molecular flexibility index (Phi) is 9.21. The molecule has 0 aromatic heterocycles. The van der Waals surface area contributed by atoms with Gasteiger partial charge in [0.25, 0.3) is 0 Å². The van der Waals surface area contributed by atoms with E-state index >= 15 is 0 Å². The Hall–Kier alpha value is -3.26. The normalized spacial score (nSPS) is 32.6. The van der Waals surface area contributed by atoms with Gasteiger partial charge in [0.1, 0.15) is 29.7 Å². The Bertz CT molecular complexity index is 1150. The summed E-state index contributed by atoms with van der Waals surface area (Å²) in [5, 5.41) is 11.8. The molecule has 0 spiro atoms. The third kappa shape index (κ3) is 6.67. The number of hydrogen-bond acceptors (Lipinski definition) is 8. The van der Waals surface area contributed by atoms with E-state index in [1.54, 1.807) is 76.3 Å². The summed E-state index contributed by atoms with van der Waals surface area (Å²) in [4.78, 5) is 50.9. The number of benzene rings is 1. The van der Waals surface area contributed by atoms with E-state index in [0.717, 1.165) is 0 Å². The number of esters is 3. The number of allylic oxidation sites excluding steroid dienone is 1. The molecule has 1 fully saturated rings. The first-order valence-electron chi connectivity index (χ1n) is 13.4. The average Bonchev–Trinajstić information content (AvgIpc) is 3.11. The zero-order chi connectivity index (χ0) is 29.1. The SMILES string of the molecule is CC(=O)OC1CC(=O)C(C)(C)C=CC(C)C(O)C2(OC(C)=O)CC(C)C(OC(=O)c3ccccc3)C2C=C1C. The van der Waals surface area contributed by atoms with Gasteiger partial charge in [-0.15, -0.1) is 0 Å². The van der Waals surface area contributed by atoms with E-state index < -0.39 is 59.1 Å². The fourth-order valence-electron chi connectivity index (χ4n) is 5.69. The number of rotatable bonds is 4. The van der Waals surface area contributed by atoms with Crippen LogP contribution < -0.4 is 0 Å². The molecule has 3 rings (SSSR count). The second-order valence-corrected chi connectivity index (χ2v) is 11.5. The van der Waals surface area contributed by atoms with E-state index in [2.05, 4.69) is 0 Å². The van der Waals surface area contributed by atoms with Crippen molar-refractivity contribution in [2.45, 2.75) is 85.2 Å². The monoisotopic (exact) mass is 540 g/mol. The van der Waals surface area contributed by atoms with Gasteiger partial charge in [0, 0.05) is 31.6 Å². The highest BCUT2D eigenvalue weighted by Crippen LogP contribution is 2.50. The van der Waals surface area contributed by atoms with E-state index in [9.17, 15) is 24.3 Å². The zero-order valence-electron chi connectivity index (χ0n) is 23.8. The van der Waals surface area contributed by atoms with E-state index in [1.807, 2.05) is 6.92 Å². The van der Waals surface area contributed by atoms with Crippen molar-refractivity contribution in [3.63, 3.8) is 0 Å². The fraction of sp³-hybridized carbons (Fsp3) is 0.548. The van der Waals surface area contributed by atoms with Gasteiger partial charge < -0.3 is 19.3 Å². The molecule has 2 aliphatic carbocycles. The summed E-state index contributed by atoms with van der Waals surface area (Å²) in [6, 6.07) is 8.56. The Morgan fingerprint density at radius 1 is 1.00 bits per heavy atom. The standard InChI is InChI=1S/C31H40O8/c1-18-13-14-30(6,7)26(34)16-25(37-21(4)32)19(2)15-24-27(38-29(36)23-11-9-8-10-12-23)20(3)17-31(24,28(18)35)39-22(5)33/h8-15,18,20,24-25,27-28,35H,16-17H2,1-7H3. The van der Waals surface area contributed by atoms with Gasteiger partial charge in [0.15, 0.2) is 0 Å². The van der Waals surface area contributed by atoms with Gasteiger partial charge in [-0.3, -0.25) is 14.4 Å². The van der Waals surface area contributed by atoms with Crippen LogP contribution in [0.4, 0.5) is 0 Å². The highest BCUT2D eigenvalue weighted by molar-refractivity contribution is 5.89. The lowest BCUT2D eigenvalue weighted by atomic mass is 9.75. The molecule has 1 N–H and O–H groups in total. The second kappa shape index (κ2) is 11.9. The number of ketones is 1. The molecule has 0 bridgehead atoms. The maximum atomic E-state index is 13.3. The molecule has 1 aromatic rings. The summed E-state index contributed by atoms with van der Waals surface area (Å²) < 4.78 is 17.6. The summed E-state index contributed by atoms with van der Waals surface area (Å²) >= 11 is 0. The second-order valence-electron chi connectivity index (χ2n) is 11.5. The molecule has 7 atom stereocenters. The largest absolute Gasteiger partial charge is 0.458 e. The molecule has 1 saturated carbocycles. The molecule has 7 unspecified atom stereocenters. The molecule has 0 heterocycles. The van der Waals surface area contributed by atoms with Gasteiger partial charge in [-0.05, 0) is 50.8 Å². The summed E-state index contributed by atoms with van der Waals surface area (Å²) in [5.74, 6) is -3.40. The number of fused-ring (bicyclic) bond motifs is 1. The van der Waals surface area contributed by atoms with E-state index in [1.165, 1.54) is 13.8 Å². The minimum atomic E-state index is -1.44. The van der Waals surface area contributed by atoms with E-state index in [-0.39, 0.29) is 24.5 Å². The van der Waals surface area contributed by atoms with Gasteiger partial charge in [0.05, 0.1) is 11.5 Å². The van der Waals surface area contributed by atoms with Gasteiger partial charge >= 0.3 is 17.9 Å². The molecular weight excluding hydrogens is 500 g/mol. The molecular formula is C31H40O8. The average molecular weight is 541 g/mol. The predicted molar refractivity (Wildman–Crippen MR) is 144 cm³/mol. The van der Waals surface area contributed by atoms with Crippen LogP contribution in [0.15, 0.2) is 54.1 Å². The van der Waals surface area contributed by atoms with Crippen molar-refractivity contribution in [2.75, 3.05) is 0 Å².